The van der Waals surface area contributed by atoms with Gasteiger partial charge in [-0.3, -0.25) is 0 Å². The molecule has 1 aromatic carbocycles. The van der Waals surface area contributed by atoms with Crippen molar-refractivity contribution in [1.82, 2.24) is 5.32 Å². The highest BCUT2D eigenvalue weighted by Crippen LogP contribution is 2.40. The molecule has 1 aromatic rings. The number of nitrogens with one attached hydrogen (secondary N) is 1. The van der Waals surface area contributed by atoms with Crippen molar-refractivity contribution in [3.63, 3.8) is 0 Å². The minimum Gasteiger partial charge on any atom is -0.368 e. The van der Waals surface area contributed by atoms with Gasteiger partial charge in [0.15, 0.2) is 0 Å². The second-order valence-corrected chi connectivity index (χ2v) is 6.68. The Kier molecular flexibility index (Phi) is 4.48. The van der Waals surface area contributed by atoms with Gasteiger partial charge in [-0.05, 0) is 63.6 Å². The van der Waals surface area contributed by atoms with Crippen molar-refractivity contribution in [1.29, 1.82) is 0 Å². The summed E-state index contributed by atoms with van der Waals surface area (Å²) in [5.74, 6) is 0.769. The van der Waals surface area contributed by atoms with Crippen LogP contribution in [0.5, 0.6) is 0 Å². The monoisotopic (exact) mass is 290 g/mol. The Morgan fingerprint density at radius 1 is 1.29 bits per heavy atom. The molecule has 2 nitrogen and oxygen atoms in total. The first-order valence-electron chi connectivity index (χ1n) is 8.49. The number of anilines is 1. The maximum absolute atomic E-state index is 14.5. The standard InChI is InChI=1S/C18H27FN2/c1-3-11-20-13(2)18-16(19)5-4-6-17(18)21(15-9-10-15)12-14-7-8-14/h4-6,13-15,20H,3,7-12H2,1-2H3. The van der Waals surface area contributed by atoms with E-state index in [1.54, 1.807) is 6.07 Å². The van der Waals surface area contributed by atoms with Crippen LogP contribution in [0.1, 0.15) is 57.6 Å². The van der Waals surface area contributed by atoms with Crippen molar-refractivity contribution in [2.45, 2.75) is 58.0 Å². The van der Waals surface area contributed by atoms with E-state index in [9.17, 15) is 4.39 Å². The SMILES string of the molecule is CCCNC(C)c1c(F)cccc1N(CC1CC1)C1CC1. The van der Waals surface area contributed by atoms with Gasteiger partial charge >= 0.3 is 0 Å². The molecule has 2 fully saturated rings. The largest absolute Gasteiger partial charge is 0.368 e. The van der Waals surface area contributed by atoms with Crippen LogP contribution in [0.4, 0.5) is 10.1 Å². The Labute approximate surface area is 127 Å². The zero-order chi connectivity index (χ0) is 14.8. The number of rotatable bonds is 8. The predicted molar refractivity (Wildman–Crippen MR) is 86.2 cm³/mol. The van der Waals surface area contributed by atoms with Gasteiger partial charge in [-0.2, -0.15) is 0 Å². The summed E-state index contributed by atoms with van der Waals surface area (Å²) in [4.78, 5) is 2.49. The predicted octanol–water partition coefficient (Wildman–Crippen LogP) is 4.27. The van der Waals surface area contributed by atoms with Crippen molar-refractivity contribution < 1.29 is 4.39 Å². The molecule has 0 spiro atoms. The Bertz CT molecular complexity index is 480. The van der Waals surface area contributed by atoms with Crippen LogP contribution < -0.4 is 10.2 Å². The van der Waals surface area contributed by atoms with Gasteiger partial charge in [-0.15, -0.1) is 0 Å². The molecule has 1 N–H and O–H groups in total. The van der Waals surface area contributed by atoms with Crippen LogP contribution in [0.15, 0.2) is 18.2 Å². The van der Waals surface area contributed by atoms with Crippen molar-refractivity contribution in [3.8, 4) is 0 Å². The van der Waals surface area contributed by atoms with E-state index in [0.717, 1.165) is 36.7 Å². The maximum atomic E-state index is 14.5. The third-order valence-electron chi connectivity index (χ3n) is 4.61. The molecule has 2 aliphatic rings. The number of nitrogens with zero attached hydrogens (tertiary/aromatic N) is 1. The van der Waals surface area contributed by atoms with Gasteiger partial charge in [-0.25, -0.2) is 4.39 Å². The van der Waals surface area contributed by atoms with Crippen LogP contribution in [0.2, 0.25) is 0 Å². The summed E-state index contributed by atoms with van der Waals surface area (Å²) in [6.07, 6.45) is 6.29. The molecule has 0 heterocycles. The van der Waals surface area contributed by atoms with E-state index in [4.69, 9.17) is 0 Å². The molecule has 21 heavy (non-hydrogen) atoms. The van der Waals surface area contributed by atoms with Crippen molar-refractivity contribution in [2.24, 2.45) is 5.92 Å². The summed E-state index contributed by atoms with van der Waals surface area (Å²) in [7, 11) is 0. The molecule has 0 aromatic heterocycles. The number of benzene rings is 1. The molecule has 0 radical (unpaired) electrons. The quantitative estimate of drug-likeness (QED) is 0.769. The molecule has 116 valence electrons. The third kappa shape index (κ3) is 3.57. The van der Waals surface area contributed by atoms with Gasteiger partial charge in [0.1, 0.15) is 5.82 Å². The second-order valence-electron chi connectivity index (χ2n) is 6.68. The Morgan fingerprint density at radius 3 is 2.67 bits per heavy atom. The Hall–Kier alpha value is -1.09. The summed E-state index contributed by atoms with van der Waals surface area (Å²) < 4.78 is 14.5. The highest BCUT2D eigenvalue weighted by molar-refractivity contribution is 5.57. The summed E-state index contributed by atoms with van der Waals surface area (Å²) >= 11 is 0. The minimum absolute atomic E-state index is 0.0648. The van der Waals surface area contributed by atoms with E-state index in [1.165, 1.54) is 25.7 Å². The van der Waals surface area contributed by atoms with Gasteiger partial charge in [0, 0.05) is 29.9 Å². The number of hydrogen-bond acceptors (Lipinski definition) is 2. The molecule has 3 rings (SSSR count). The molecule has 0 aliphatic heterocycles. The van der Waals surface area contributed by atoms with E-state index in [2.05, 4.69) is 30.1 Å². The molecular formula is C18H27FN2. The molecular weight excluding hydrogens is 263 g/mol. The molecule has 2 saturated carbocycles. The summed E-state index contributed by atoms with van der Waals surface area (Å²) in [6, 6.07) is 6.29. The average molecular weight is 290 g/mol. The van der Waals surface area contributed by atoms with Crippen molar-refractivity contribution in [2.75, 3.05) is 18.0 Å². The highest BCUT2D eigenvalue weighted by atomic mass is 19.1. The van der Waals surface area contributed by atoms with Gasteiger partial charge in [0.2, 0.25) is 0 Å². The van der Waals surface area contributed by atoms with Crippen LogP contribution in [0, 0.1) is 11.7 Å². The molecule has 3 heteroatoms. The second kappa shape index (κ2) is 6.35. The maximum Gasteiger partial charge on any atom is 0.130 e. The van der Waals surface area contributed by atoms with Crippen molar-refractivity contribution in [3.05, 3.63) is 29.6 Å². The number of hydrogen-bond donors (Lipinski definition) is 1. The van der Waals surface area contributed by atoms with Gasteiger partial charge in [-0.1, -0.05) is 13.0 Å². The van der Waals surface area contributed by atoms with E-state index in [-0.39, 0.29) is 11.9 Å². The van der Waals surface area contributed by atoms with Crippen LogP contribution in [0.25, 0.3) is 0 Å². The lowest BCUT2D eigenvalue weighted by Crippen LogP contribution is -2.31. The molecule has 0 bridgehead atoms. The molecule has 1 unspecified atom stereocenters. The first kappa shape index (κ1) is 14.8. The smallest absolute Gasteiger partial charge is 0.130 e. The van der Waals surface area contributed by atoms with Crippen LogP contribution in [-0.2, 0) is 0 Å². The van der Waals surface area contributed by atoms with E-state index in [0.29, 0.717) is 6.04 Å². The number of halogens is 1. The fraction of sp³-hybridized carbons (Fsp3) is 0.667. The first-order valence-corrected chi connectivity index (χ1v) is 8.49. The minimum atomic E-state index is -0.0648. The summed E-state index contributed by atoms with van der Waals surface area (Å²) in [5, 5.41) is 3.45. The Morgan fingerprint density at radius 2 is 2.05 bits per heavy atom. The normalized spacial score (nSPS) is 19.6. The van der Waals surface area contributed by atoms with Crippen LogP contribution in [0.3, 0.4) is 0 Å². The molecule has 1 atom stereocenters. The van der Waals surface area contributed by atoms with E-state index < -0.39 is 0 Å². The van der Waals surface area contributed by atoms with Gasteiger partial charge in [0.25, 0.3) is 0 Å². The lowest BCUT2D eigenvalue weighted by Gasteiger charge is -2.29. The fourth-order valence-corrected chi connectivity index (χ4v) is 3.08. The van der Waals surface area contributed by atoms with Crippen LogP contribution >= 0.6 is 0 Å². The third-order valence-corrected chi connectivity index (χ3v) is 4.61. The van der Waals surface area contributed by atoms with Gasteiger partial charge in [0.05, 0.1) is 0 Å². The lowest BCUT2D eigenvalue weighted by atomic mass is 10.0. The molecule has 2 aliphatic carbocycles. The van der Waals surface area contributed by atoms with Gasteiger partial charge < -0.3 is 10.2 Å². The fourth-order valence-electron chi connectivity index (χ4n) is 3.08. The van der Waals surface area contributed by atoms with Crippen LogP contribution in [-0.4, -0.2) is 19.1 Å². The zero-order valence-corrected chi connectivity index (χ0v) is 13.2. The Balaban J connectivity index is 1.86. The van der Waals surface area contributed by atoms with E-state index in [1.807, 2.05) is 6.07 Å². The highest BCUT2D eigenvalue weighted by Gasteiger charge is 2.35. The van der Waals surface area contributed by atoms with Crippen molar-refractivity contribution >= 4 is 5.69 Å². The van der Waals surface area contributed by atoms with E-state index >= 15 is 0 Å². The summed E-state index contributed by atoms with van der Waals surface area (Å²) in [5.41, 5.74) is 1.99. The lowest BCUT2D eigenvalue weighted by molar-refractivity contribution is 0.525. The topological polar surface area (TPSA) is 15.3 Å². The molecule has 0 amide bonds. The summed E-state index contributed by atoms with van der Waals surface area (Å²) in [6.45, 7) is 6.27. The average Bonchev–Trinajstić information content (AvgIpc) is 3.35. The zero-order valence-electron chi connectivity index (χ0n) is 13.2. The first-order chi connectivity index (χ1) is 10.2. The molecule has 0 saturated heterocycles.